The van der Waals surface area contributed by atoms with Gasteiger partial charge in [-0.15, -0.1) is 0 Å². The second-order valence-corrected chi connectivity index (χ2v) is 5.93. The Morgan fingerprint density at radius 2 is 1.75 bits per heavy atom. The van der Waals surface area contributed by atoms with E-state index < -0.39 is 0 Å². The first-order valence-corrected chi connectivity index (χ1v) is 7.47. The third-order valence-corrected chi connectivity index (χ3v) is 4.26. The van der Waals surface area contributed by atoms with Crippen LogP contribution in [0.4, 0.5) is 0 Å². The van der Waals surface area contributed by atoms with E-state index in [1.807, 2.05) is 18.2 Å². The Labute approximate surface area is 126 Å². The maximum atomic E-state index is 6.23. The van der Waals surface area contributed by atoms with Crippen molar-refractivity contribution < 1.29 is 0 Å². The van der Waals surface area contributed by atoms with Crippen LogP contribution in [-0.4, -0.2) is 6.54 Å². The van der Waals surface area contributed by atoms with E-state index in [1.54, 1.807) is 0 Å². The zero-order chi connectivity index (χ0) is 14.5. The van der Waals surface area contributed by atoms with Crippen LogP contribution in [0.1, 0.15) is 22.3 Å². The largest absolute Gasteiger partial charge is 0.330 e. The monoisotopic (exact) mass is 287 g/mol. The van der Waals surface area contributed by atoms with Crippen molar-refractivity contribution in [1.82, 2.24) is 0 Å². The van der Waals surface area contributed by atoms with Gasteiger partial charge in [-0.25, -0.2) is 0 Å². The van der Waals surface area contributed by atoms with E-state index in [2.05, 4.69) is 38.1 Å². The molecule has 0 aromatic heterocycles. The number of hydrogen-bond acceptors (Lipinski definition) is 1. The summed E-state index contributed by atoms with van der Waals surface area (Å²) in [4.78, 5) is 0. The van der Waals surface area contributed by atoms with Crippen molar-refractivity contribution in [2.24, 2.45) is 11.7 Å². The molecule has 2 heteroatoms. The summed E-state index contributed by atoms with van der Waals surface area (Å²) in [5.74, 6) is 0.428. The standard InChI is InChI=1S/C18H22ClN/c1-13-7-8-15(9-14(13)2)10-16(12-20)11-17-5-3-4-6-18(17)19/h3-9,16H,10-12,20H2,1-2H3. The van der Waals surface area contributed by atoms with Crippen LogP contribution in [-0.2, 0) is 12.8 Å². The van der Waals surface area contributed by atoms with Crippen molar-refractivity contribution in [1.29, 1.82) is 0 Å². The molecule has 0 bridgehead atoms. The molecule has 2 aromatic rings. The predicted octanol–water partition coefficient (Wildman–Crippen LogP) is 4.32. The number of nitrogens with two attached hydrogens (primary N) is 1. The molecule has 2 rings (SSSR count). The molecule has 1 nitrogen and oxygen atoms in total. The molecule has 20 heavy (non-hydrogen) atoms. The SMILES string of the molecule is Cc1ccc(CC(CN)Cc2ccccc2Cl)cc1C. The number of halogens is 1. The topological polar surface area (TPSA) is 26.0 Å². The van der Waals surface area contributed by atoms with E-state index in [4.69, 9.17) is 17.3 Å². The molecule has 2 N–H and O–H groups in total. The molecule has 0 amide bonds. The smallest absolute Gasteiger partial charge is 0.0438 e. The lowest BCUT2D eigenvalue weighted by molar-refractivity contribution is 0.533. The van der Waals surface area contributed by atoms with Crippen LogP contribution in [0.3, 0.4) is 0 Å². The van der Waals surface area contributed by atoms with Crippen LogP contribution in [0.2, 0.25) is 5.02 Å². The molecule has 0 saturated heterocycles. The van der Waals surface area contributed by atoms with E-state index >= 15 is 0 Å². The zero-order valence-electron chi connectivity index (χ0n) is 12.2. The van der Waals surface area contributed by atoms with E-state index in [0.717, 1.165) is 17.9 Å². The Morgan fingerprint density at radius 1 is 1.00 bits per heavy atom. The highest BCUT2D eigenvalue weighted by molar-refractivity contribution is 6.31. The van der Waals surface area contributed by atoms with Gasteiger partial charge >= 0.3 is 0 Å². The summed E-state index contributed by atoms with van der Waals surface area (Å²) in [6, 6.07) is 14.7. The summed E-state index contributed by atoms with van der Waals surface area (Å²) >= 11 is 6.23. The van der Waals surface area contributed by atoms with Crippen LogP contribution in [0.5, 0.6) is 0 Å². The Kier molecular flexibility index (Phi) is 5.22. The molecule has 0 radical (unpaired) electrons. The van der Waals surface area contributed by atoms with Gasteiger partial charge in [0.05, 0.1) is 0 Å². The van der Waals surface area contributed by atoms with Gasteiger partial charge in [0.1, 0.15) is 0 Å². The van der Waals surface area contributed by atoms with E-state index in [0.29, 0.717) is 12.5 Å². The number of aryl methyl sites for hydroxylation is 2. The lowest BCUT2D eigenvalue weighted by Gasteiger charge is -2.16. The van der Waals surface area contributed by atoms with Gasteiger partial charge in [0.15, 0.2) is 0 Å². The van der Waals surface area contributed by atoms with Crippen molar-refractivity contribution in [3.8, 4) is 0 Å². The fraction of sp³-hybridized carbons (Fsp3) is 0.333. The average molecular weight is 288 g/mol. The maximum absolute atomic E-state index is 6.23. The van der Waals surface area contributed by atoms with Gasteiger partial charge in [-0.05, 0) is 67.5 Å². The molecule has 0 fully saturated rings. The normalized spacial score (nSPS) is 12.4. The lowest BCUT2D eigenvalue weighted by Crippen LogP contribution is -2.19. The molecule has 106 valence electrons. The third kappa shape index (κ3) is 3.84. The molecule has 0 aliphatic rings. The van der Waals surface area contributed by atoms with E-state index in [9.17, 15) is 0 Å². The van der Waals surface area contributed by atoms with Crippen molar-refractivity contribution in [2.45, 2.75) is 26.7 Å². The molecule has 0 heterocycles. The van der Waals surface area contributed by atoms with Crippen molar-refractivity contribution >= 4 is 11.6 Å². The number of benzene rings is 2. The van der Waals surface area contributed by atoms with Gasteiger partial charge in [-0.3, -0.25) is 0 Å². The summed E-state index contributed by atoms with van der Waals surface area (Å²) < 4.78 is 0. The van der Waals surface area contributed by atoms with Crippen LogP contribution >= 0.6 is 11.6 Å². The minimum Gasteiger partial charge on any atom is -0.330 e. The highest BCUT2D eigenvalue weighted by Gasteiger charge is 2.11. The molecule has 0 aliphatic heterocycles. The van der Waals surface area contributed by atoms with Crippen LogP contribution < -0.4 is 5.73 Å². The average Bonchev–Trinajstić information content (AvgIpc) is 2.44. The van der Waals surface area contributed by atoms with Gasteiger partial charge in [-0.1, -0.05) is 48.0 Å². The molecular formula is C18H22ClN. The highest BCUT2D eigenvalue weighted by Crippen LogP contribution is 2.21. The fourth-order valence-corrected chi connectivity index (χ4v) is 2.69. The van der Waals surface area contributed by atoms with E-state index in [1.165, 1.54) is 22.3 Å². The maximum Gasteiger partial charge on any atom is 0.0438 e. The molecular weight excluding hydrogens is 266 g/mol. The summed E-state index contributed by atoms with van der Waals surface area (Å²) in [7, 11) is 0. The van der Waals surface area contributed by atoms with Crippen LogP contribution in [0, 0.1) is 19.8 Å². The van der Waals surface area contributed by atoms with Gasteiger partial charge in [0.25, 0.3) is 0 Å². The predicted molar refractivity (Wildman–Crippen MR) is 87.3 cm³/mol. The van der Waals surface area contributed by atoms with Crippen LogP contribution in [0.25, 0.3) is 0 Å². The van der Waals surface area contributed by atoms with E-state index in [-0.39, 0.29) is 0 Å². The third-order valence-electron chi connectivity index (χ3n) is 3.90. The molecule has 0 spiro atoms. The lowest BCUT2D eigenvalue weighted by atomic mass is 9.91. The fourth-order valence-electron chi connectivity index (χ4n) is 2.48. The Hall–Kier alpha value is -1.31. The molecule has 1 unspecified atom stereocenters. The summed E-state index contributed by atoms with van der Waals surface area (Å²) in [5.41, 5.74) is 11.2. The first-order valence-electron chi connectivity index (χ1n) is 7.09. The second kappa shape index (κ2) is 6.92. The van der Waals surface area contributed by atoms with Gasteiger partial charge < -0.3 is 5.73 Å². The minimum atomic E-state index is 0.428. The van der Waals surface area contributed by atoms with Crippen molar-refractivity contribution in [2.75, 3.05) is 6.54 Å². The van der Waals surface area contributed by atoms with Gasteiger partial charge in [0, 0.05) is 5.02 Å². The van der Waals surface area contributed by atoms with Crippen molar-refractivity contribution in [3.05, 3.63) is 69.7 Å². The summed E-state index contributed by atoms with van der Waals surface area (Å²) in [5, 5.41) is 0.839. The first kappa shape index (κ1) is 15.1. The van der Waals surface area contributed by atoms with Gasteiger partial charge in [-0.2, -0.15) is 0 Å². The molecule has 0 aliphatic carbocycles. The zero-order valence-corrected chi connectivity index (χ0v) is 13.0. The van der Waals surface area contributed by atoms with Crippen LogP contribution in [0.15, 0.2) is 42.5 Å². The molecule has 1 atom stereocenters. The first-order chi connectivity index (χ1) is 9.60. The number of hydrogen-bond donors (Lipinski definition) is 1. The Morgan fingerprint density at radius 3 is 2.40 bits per heavy atom. The quantitative estimate of drug-likeness (QED) is 0.871. The van der Waals surface area contributed by atoms with Crippen molar-refractivity contribution in [3.63, 3.8) is 0 Å². The second-order valence-electron chi connectivity index (χ2n) is 5.52. The van der Waals surface area contributed by atoms with Gasteiger partial charge in [0.2, 0.25) is 0 Å². The molecule has 0 saturated carbocycles. The Balaban J connectivity index is 2.09. The Bertz CT molecular complexity index is 577. The summed E-state index contributed by atoms with van der Waals surface area (Å²) in [6.45, 7) is 4.98. The molecule has 2 aromatic carbocycles. The summed E-state index contributed by atoms with van der Waals surface area (Å²) in [6.07, 6.45) is 1.94. The highest BCUT2D eigenvalue weighted by atomic mass is 35.5. The number of rotatable bonds is 5. The minimum absolute atomic E-state index is 0.428.